The fourth-order valence-corrected chi connectivity index (χ4v) is 6.60. The molecule has 2 amide bonds. The number of rotatable bonds is 6. The van der Waals surface area contributed by atoms with Crippen molar-refractivity contribution in [2.24, 2.45) is 0 Å². The van der Waals surface area contributed by atoms with Crippen LogP contribution in [0.5, 0.6) is 0 Å². The number of amides is 2. The number of hydrogen-bond acceptors (Lipinski definition) is 5. The van der Waals surface area contributed by atoms with Gasteiger partial charge < -0.3 is 15.3 Å². The van der Waals surface area contributed by atoms with E-state index < -0.39 is 40.7 Å². The Hall–Kier alpha value is -2.67. The lowest BCUT2D eigenvalue weighted by atomic mass is 9.79. The van der Waals surface area contributed by atoms with E-state index in [4.69, 9.17) is 0 Å². The van der Waals surface area contributed by atoms with Crippen LogP contribution in [0.3, 0.4) is 0 Å². The predicted molar refractivity (Wildman–Crippen MR) is 142 cm³/mol. The number of alkyl halides is 6. The highest BCUT2D eigenvalue weighted by atomic mass is 32.1. The Morgan fingerprint density at radius 2 is 1.73 bits per heavy atom. The van der Waals surface area contributed by atoms with Crippen LogP contribution >= 0.6 is 11.3 Å². The Morgan fingerprint density at radius 3 is 2.27 bits per heavy atom. The lowest BCUT2D eigenvalue weighted by molar-refractivity contribution is -0.297. The van der Waals surface area contributed by atoms with Gasteiger partial charge in [0, 0.05) is 19.1 Å². The van der Waals surface area contributed by atoms with Gasteiger partial charge in [-0.2, -0.15) is 26.3 Å². The fraction of sp³-hybridized carbons (Fsp3) is 0.607. The van der Waals surface area contributed by atoms with Crippen molar-refractivity contribution >= 4 is 23.2 Å². The van der Waals surface area contributed by atoms with Gasteiger partial charge in [0.05, 0.1) is 10.5 Å². The van der Waals surface area contributed by atoms with Gasteiger partial charge in [-0.05, 0) is 63.1 Å². The van der Waals surface area contributed by atoms with E-state index >= 15 is 0 Å². The minimum absolute atomic E-state index is 0.00558. The average Bonchev–Trinajstić information content (AvgIpc) is 3.52. The first-order valence-electron chi connectivity index (χ1n) is 13.6. The van der Waals surface area contributed by atoms with E-state index in [1.807, 2.05) is 6.92 Å². The maximum absolute atomic E-state index is 13.7. The maximum Gasteiger partial charge on any atom is 0.406 e. The topological polar surface area (TPSA) is 82.5 Å². The van der Waals surface area contributed by atoms with Gasteiger partial charge in [-0.15, -0.1) is 11.3 Å². The molecule has 1 aliphatic heterocycles. The van der Waals surface area contributed by atoms with Crippen LogP contribution < -0.4 is 5.32 Å². The van der Waals surface area contributed by atoms with E-state index in [0.29, 0.717) is 19.4 Å². The molecule has 41 heavy (non-hydrogen) atoms. The highest BCUT2D eigenvalue weighted by molar-refractivity contribution is 7.17. The van der Waals surface area contributed by atoms with Gasteiger partial charge in [0.25, 0.3) is 11.8 Å². The quantitative estimate of drug-likeness (QED) is 0.366. The van der Waals surface area contributed by atoms with Crippen molar-refractivity contribution in [1.29, 1.82) is 0 Å². The van der Waals surface area contributed by atoms with Crippen molar-refractivity contribution in [2.75, 3.05) is 13.1 Å². The minimum Gasteiger partial charge on any atom is -0.388 e. The van der Waals surface area contributed by atoms with Crippen molar-refractivity contribution in [1.82, 2.24) is 15.2 Å². The number of hydrogen-bond donors (Lipinski definition) is 2. The van der Waals surface area contributed by atoms with Crippen LogP contribution in [0.4, 0.5) is 26.3 Å². The number of aryl methyl sites for hydroxylation is 1. The van der Waals surface area contributed by atoms with Crippen LogP contribution in [0, 0.1) is 6.92 Å². The number of likely N-dealkylation sites (tertiary alicyclic amines) is 1. The Labute approximate surface area is 238 Å². The summed E-state index contributed by atoms with van der Waals surface area (Å²) < 4.78 is 82.2. The van der Waals surface area contributed by atoms with Gasteiger partial charge in [-0.3, -0.25) is 9.59 Å². The molecule has 2 N–H and O–H groups in total. The van der Waals surface area contributed by atoms with Crippen molar-refractivity contribution < 1.29 is 41.0 Å². The number of nitrogens with zero attached hydrogens (tertiary/aromatic N) is 2. The van der Waals surface area contributed by atoms with E-state index in [9.17, 15) is 41.0 Å². The molecule has 226 valence electrons. The summed E-state index contributed by atoms with van der Waals surface area (Å²) in [5.41, 5.74) is -5.95. The van der Waals surface area contributed by atoms with E-state index in [1.54, 1.807) is 4.90 Å². The summed E-state index contributed by atoms with van der Waals surface area (Å²) >= 11 is 0.836. The normalized spacial score (nSPS) is 19.9. The van der Waals surface area contributed by atoms with Crippen LogP contribution in [-0.2, 0) is 5.41 Å². The zero-order chi connectivity index (χ0) is 30.4. The van der Waals surface area contributed by atoms with Crippen LogP contribution in [-0.4, -0.2) is 63.9 Å². The highest BCUT2D eigenvalue weighted by Gasteiger charge is 2.68. The molecule has 2 aromatic rings. The van der Waals surface area contributed by atoms with Crippen molar-refractivity contribution in [3.8, 4) is 10.4 Å². The Morgan fingerprint density at radius 1 is 1.10 bits per heavy atom. The number of aromatic nitrogens is 1. The molecular formula is C28H33F6N3O3S. The van der Waals surface area contributed by atoms with Gasteiger partial charge in [0.2, 0.25) is 0 Å². The molecule has 1 atom stereocenters. The molecule has 2 aliphatic rings. The third kappa shape index (κ3) is 5.97. The van der Waals surface area contributed by atoms with Crippen molar-refractivity contribution in [3.05, 3.63) is 40.0 Å². The number of thiazole rings is 1. The van der Waals surface area contributed by atoms with Gasteiger partial charge >= 0.3 is 12.4 Å². The molecule has 1 saturated heterocycles. The zero-order valence-corrected chi connectivity index (χ0v) is 23.8. The molecule has 1 aromatic heterocycles. The largest absolute Gasteiger partial charge is 0.406 e. The molecule has 4 rings (SSSR count). The van der Waals surface area contributed by atoms with E-state index in [2.05, 4.69) is 10.3 Å². The standard InChI is InChI=1S/C28H33F6N3O3S/c1-16-14-18(25(3,27(29,30)31)28(32,33)34)9-10-19(16)21-20(24(39)37-13-7-8-17(37)2)36-23(41-21)22(38)35-15-26(40)11-5-4-6-12-26/h9-10,14,17,40H,4-8,11-13,15H2,1-3H3,(H,35,38)/t17-/m0/s1. The summed E-state index contributed by atoms with van der Waals surface area (Å²) in [7, 11) is 0. The molecule has 1 saturated carbocycles. The monoisotopic (exact) mass is 605 g/mol. The molecular weight excluding hydrogens is 572 g/mol. The summed E-state index contributed by atoms with van der Waals surface area (Å²) in [6.07, 6.45) is -5.96. The molecule has 0 bridgehead atoms. The predicted octanol–water partition coefficient (Wildman–Crippen LogP) is 6.55. The highest BCUT2D eigenvalue weighted by Crippen LogP contribution is 2.52. The molecule has 1 aromatic carbocycles. The van der Waals surface area contributed by atoms with Gasteiger partial charge in [0.15, 0.2) is 10.4 Å². The molecule has 2 heterocycles. The first kappa shape index (κ1) is 31.3. The third-order valence-electron chi connectivity index (χ3n) is 8.38. The maximum atomic E-state index is 13.7. The van der Waals surface area contributed by atoms with Crippen LogP contribution in [0.1, 0.15) is 90.2 Å². The Kier molecular flexibility index (Phi) is 8.54. The average molecular weight is 606 g/mol. The summed E-state index contributed by atoms with van der Waals surface area (Å²) in [6.45, 7) is 3.77. The smallest absolute Gasteiger partial charge is 0.388 e. The fourth-order valence-electron chi connectivity index (χ4n) is 5.54. The summed E-state index contributed by atoms with van der Waals surface area (Å²) in [5, 5.41) is 13.3. The first-order valence-corrected chi connectivity index (χ1v) is 14.4. The molecule has 2 fully saturated rings. The minimum atomic E-state index is -5.61. The number of nitrogens with one attached hydrogen (secondary N) is 1. The SMILES string of the molecule is Cc1cc(C(C)(C(F)(F)F)C(F)(F)F)ccc1-c1sc(C(=O)NCC2(O)CCCCC2)nc1C(=O)N1CCC[C@@H]1C. The van der Waals surface area contributed by atoms with Gasteiger partial charge in [0.1, 0.15) is 5.69 Å². The van der Waals surface area contributed by atoms with Gasteiger partial charge in [-0.25, -0.2) is 4.98 Å². The lowest BCUT2D eigenvalue weighted by Gasteiger charge is -2.34. The number of aliphatic hydroxyl groups is 1. The molecule has 0 unspecified atom stereocenters. The zero-order valence-electron chi connectivity index (χ0n) is 23.0. The Balaban J connectivity index is 1.73. The van der Waals surface area contributed by atoms with Crippen LogP contribution in [0.15, 0.2) is 18.2 Å². The van der Waals surface area contributed by atoms with Crippen molar-refractivity contribution in [3.63, 3.8) is 0 Å². The second-order valence-corrected chi connectivity index (χ2v) is 12.3. The second kappa shape index (κ2) is 11.2. The summed E-state index contributed by atoms with van der Waals surface area (Å²) in [5.74, 6) is -1.09. The lowest BCUT2D eigenvalue weighted by Crippen LogP contribution is -2.51. The summed E-state index contributed by atoms with van der Waals surface area (Å²) in [6, 6.07) is 2.59. The van der Waals surface area contributed by atoms with E-state index in [1.165, 1.54) is 6.92 Å². The van der Waals surface area contributed by atoms with Crippen LogP contribution in [0.25, 0.3) is 10.4 Å². The number of carbonyl (C=O) groups is 2. The second-order valence-electron chi connectivity index (χ2n) is 11.3. The molecule has 0 spiro atoms. The number of halogens is 6. The summed E-state index contributed by atoms with van der Waals surface area (Å²) in [4.78, 5) is 32.7. The molecule has 13 heteroatoms. The number of benzene rings is 1. The molecule has 6 nitrogen and oxygen atoms in total. The number of carbonyl (C=O) groups excluding carboxylic acids is 2. The molecule has 1 aliphatic carbocycles. The Bertz CT molecular complexity index is 1290. The third-order valence-corrected chi connectivity index (χ3v) is 9.47. The van der Waals surface area contributed by atoms with Gasteiger partial charge in [-0.1, -0.05) is 37.5 Å². The first-order chi connectivity index (χ1) is 19.0. The van der Waals surface area contributed by atoms with Crippen molar-refractivity contribution in [2.45, 2.75) is 95.1 Å². The van der Waals surface area contributed by atoms with E-state index in [0.717, 1.165) is 61.6 Å². The molecule has 0 radical (unpaired) electrons. The van der Waals surface area contributed by atoms with Crippen LogP contribution in [0.2, 0.25) is 0 Å². The van der Waals surface area contributed by atoms with E-state index in [-0.39, 0.29) is 46.2 Å².